The number of aryl methyl sites for hydroxylation is 1. The van der Waals surface area contributed by atoms with Gasteiger partial charge >= 0.3 is 5.97 Å². The van der Waals surface area contributed by atoms with E-state index in [1.54, 1.807) is 6.07 Å². The Bertz CT molecular complexity index is 583. The maximum atomic E-state index is 11.5. The Hall–Kier alpha value is -2.37. The normalized spacial score (nSPS) is 15.5. The predicted octanol–water partition coefficient (Wildman–Crippen LogP) is 2.01. The minimum atomic E-state index is -0.792. The molecule has 0 fully saturated rings. The molecule has 1 aliphatic heterocycles. The Kier molecular flexibility index (Phi) is 4.57. The van der Waals surface area contributed by atoms with E-state index in [1.807, 2.05) is 19.1 Å². The molecule has 3 N–H and O–H groups in total. The minimum absolute atomic E-state index is 0.0932. The van der Waals surface area contributed by atoms with Crippen LogP contribution in [0.25, 0.3) is 0 Å². The number of hydrogen-bond donors (Lipinski definition) is 3. The molecular weight excluding hydrogens is 272 g/mol. The molecule has 1 aromatic carbocycles. The number of hydrogen-bond acceptors (Lipinski definition) is 3. The monoisotopic (exact) mass is 290 g/mol. The van der Waals surface area contributed by atoms with Gasteiger partial charge in [0.1, 0.15) is 6.42 Å². The molecule has 1 atom stereocenters. The molecule has 1 unspecified atom stereocenters. The summed E-state index contributed by atoms with van der Waals surface area (Å²) >= 11 is 0. The largest absolute Gasteiger partial charge is 0.481 e. The number of aliphatic carboxylic acids is 1. The zero-order valence-electron chi connectivity index (χ0n) is 11.8. The molecule has 0 aliphatic carbocycles. The molecule has 0 aromatic heterocycles. The molecule has 0 saturated heterocycles. The van der Waals surface area contributed by atoms with E-state index in [1.165, 1.54) is 0 Å². The second kappa shape index (κ2) is 6.39. The van der Waals surface area contributed by atoms with Crippen LogP contribution in [0.15, 0.2) is 18.2 Å². The number of carbonyl (C=O) groups is 3. The number of amides is 2. The van der Waals surface area contributed by atoms with Crippen molar-refractivity contribution in [1.29, 1.82) is 0 Å². The molecule has 21 heavy (non-hydrogen) atoms. The number of nitrogens with one attached hydrogen (secondary N) is 2. The van der Waals surface area contributed by atoms with Crippen molar-refractivity contribution in [3.05, 3.63) is 23.8 Å². The molecule has 6 nitrogen and oxygen atoms in total. The summed E-state index contributed by atoms with van der Waals surface area (Å²) in [6, 6.07) is 5.46. The van der Waals surface area contributed by atoms with Gasteiger partial charge in [-0.15, -0.1) is 0 Å². The van der Waals surface area contributed by atoms with Gasteiger partial charge < -0.3 is 15.7 Å². The van der Waals surface area contributed by atoms with Crippen LogP contribution < -0.4 is 10.6 Å². The topological polar surface area (TPSA) is 95.5 Å². The molecule has 1 aromatic rings. The van der Waals surface area contributed by atoms with Gasteiger partial charge in [0.2, 0.25) is 11.8 Å². The van der Waals surface area contributed by atoms with Crippen LogP contribution in [0.3, 0.4) is 0 Å². The molecule has 6 heteroatoms. The first-order valence-electron chi connectivity index (χ1n) is 6.88. The van der Waals surface area contributed by atoms with E-state index in [9.17, 15) is 14.4 Å². The number of benzene rings is 1. The second-order valence-electron chi connectivity index (χ2n) is 5.39. The molecule has 2 rings (SSSR count). The van der Waals surface area contributed by atoms with Gasteiger partial charge in [0, 0.05) is 6.42 Å². The van der Waals surface area contributed by atoms with E-state index < -0.39 is 5.97 Å². The molecule has 1 heterocycles. The standard InChI is InChI=1S/C15H18N2O4/c1-9(6-15(20)21)2-3-10-4-5-11-12(7-10)17-14(19)8-13(18)16-11/h4-5,7,9H,2-3,6,8H2,1H3,(H,16,18)(H,17,19)(H,20,21). The zero-order valence-corrected chi connectivity index (χ0v) is 11.8. The van der Waals surface area contributed by atoms with Crippen molar-refractivity contribution in [2.24, 2.45) is 5.92 Å². The Labute approximate surface area is 122 Å². The Balaban J connectivity index is 2.05. The van der Waals surface area contributed by atoms with Crippen LogP contribution in [0.5, 0.6) is 0 Å². The highest BCUT2D eigenvalue weighted by molar-refractivity contribution is 6.13. The summed E-state index contributed by atoms with van der Waals surface area (Å²) in [4.78, 5) is 33.6. The van der Waals surface area contributed by atoms with Crippen LogP contribution in [0, 0.1) is 5.92 Å². The highest BCUT2D eigenvalue weighted by Crippen LogP contribution is 2.27. The lowest BCUT2D eigenvalue weighted by Gasteiger charge is -2.11. The molecule has 0 bridgehead atoms. The van der Waals surface area contributed by atoms with Gasteiger partial charge in [-0.3, -0.25) is 14.4 Å². The number of rotatable bonds is 5. The lowest BCUT2D eigenvalue weighted by Crippen LogP contribution is -2.16. The van der Waals surface area contributed by atoms with Crippen LogP contribution in [-0.2, 0) is 20.8 Å². The summed E-state index contributed by atoms with van der Waals surface area (Å²) in [5.41, 5.74) is 2.19. The van der Waals surface area contributed by atoms with Crippen molar-refractivity contribution in [2.75, 3.05) is 10.6 Å². The molecule has 1 aliphatic rings. The predicted molar refractivity (Wildman–Crippen MR) is 78.1 cm³/mol. The average molecular weight is 290 g/mol. The average Bonchev–Trinajstić information content (AvgIpc) is 2.51. The van der Waals surface area contributed by atoms with E-state index >= 15 is 0 Å². The molecule has 2 amide bonds. The zero-order chi connectivity index (χ0) is 15.4. The smallest absolute Gasteiger partial charge is 0.303 e. The quantitative estimate of drug-likeness (QED) is 0.723. The van der Waals surface area contributed by atoms with Crippen LogP contribution in [0.1, 0.15) is 31.7 Å². The number of carboxylic acids is 1. The maximum absolute atomic E-state index is 11.5. The van der Waals surface area contributed by atoms with Crippen molar-refractivity contribution >= 4 is 29.2 Å². The van der Waals surface area contributed by atoms with Crippen LogP contribution >= 0.6 is 0 Å². The van der Waals surface area contributed by atoms with Gasteiger partial charge in [-0.2, -0.15) is 0 Å². The van der Waals surface area contributed by atoms with Crippen LogP contribution in [0.2, 0.25) is 0 Å². The Morgan fingerprint density at radius 2 is 1.90 bits per heavy atom. The van der Waals surface area contributed by atoms with E-state index in [4.69, 9.17) is 5.11 Å². The fourth-order valence-electron chi connectivity index (χ4n) is 2.31. The van der Waals surface area contributed by atoms with Gasteiger partial charge in [0.25, 0.3) is 0 Å². The highest BCUT2D eigenvalue weighted by Gasteiger charge is 2.18. The third-order valence-electron chi connectivity index (χ3n) is 3.40. The third-order valence-corrected chi connectivity index (χ3v) is 3.40. The van der Waals surface area contributed by atoms with Gasteiger partial charge in [-0.25, -0.2) is 0 Å². The fourth-order valence-corrected chi connectivity index (χ4v) is 2.31. The van der Waals surface area contributed by atoms with E-state index in [0.29, 0.717) is 11.4 Å². The fraction of sp³-hybridized carbons (Fsp3) is 0.400. The van der Waals surface area contributed by atoms with E-state index in [2.05, 4.69) is 10.6 Å². The van der Waals surface area contributed by atoms with Gasteiger partial charge in [-0.1, -0.05) is 13.0 Å². The first kappa shape index (κ1) is 15.0. The van der Waals surface area contributed by atoms with Gasteiger partial charge in [0.15, 0.2) is 0 Å². The molecule has 0 radical (unpaired) electrons. The second-order valence-corrected chi connectivity index (χ2v) is 5.39. The van der Waals surface area contributed by atoms with Crippen molar-refractivity contribution in [1.82, 2.24) is 0 Å². The summed E-state index contributed by atoms with van der Waals surface area (Å²) in [6.07, 6.45) is 1.45. The van der Waals surface area contributed by atoms with Gasteiger partial charge in [0.05, 0.1) is 11.4 Å². The van der Waals surface area contributed by atoms with Crippen molar-refractivity contribution in [3.63, 3.8) is 0 Å². The van der Waals surface area contributed by atoms with Crippen molar-refractivity contribution in [2.45, 2.75) is 32.6 Å². The van der Waals surface area contributed by atoms with Crippen LogP contribution in [0.4, 0.5) is 11.4 Å². The molecule has 0 spiro atoms. The first-order chi connectivity index (χ1) is 9.94. The number of carboxylic acid groups (broad SMARTS) is 1. The summed E-state index contributed by atoms with van der Waals surface area (Å²) < 4.78 is 0. The Morgan fingerprint density at radius 3 is 2.57 bits per heavy atom. The minimum Gasteiger partial charge on any atom is -0.481 e. The first-order valence-corrected chi connectivity index (χ1v) is 6.88. The summed E-state index contributed by atoms with van der Waals surface area (Å²) in [5.74, 6) is -1.35. The summed E-state index contributed by atoms with van der Waals surface area (Å²) in [6.45, 7) is 1.90. The summed E-state index contributed by atoms with van der Waals surface area (Å²) in [5, 5.41) is 14.1. The number of carbonyl (C=O) groups excluding carboxylic acids is 2. The van der Waals surface area contributed by atoms with E-state index in [0.717, 1.165) is 18.4 Å². The highest BCUT2D eigenvalue weighted by atomic mass is 16.4. The number of anilines is 2. The molecule has 0 saturated carbocycles. The number of fused-ring (bicyclic) bond motifs is 1. The molecule has 112 valence electrons. The SMILES string of the molecule is CC(CCc1ccc2c(c1)NC(=O)CC(=O)N2)CC(=O)O. The lowest BCUT2D eigenvalue weighted by molar-refractivity contribution is -0.138. The lowest BCUT2D eigenvalue weighted by atomic mass is 9.98. The van der Waals surface area contributed by atoms with Gasteiger partial charge in [-0.05, 0) is 36.5 Å². The van der Waals surface area contributed by atoms with E-state index in [-0.39, 0.29) is 30.6 Å². The molecular formula is C15H18N2O4. The Morgan fingerprint density at radius 1 is 1.24 bits per heavy atom. The maximum Gasteiger partial charge on any atom is 0.303 e. The van der Waals surface area contributed by atoms with Crippen LogP contribution in [-0.4, -0.2) is 22.9 Å². The summed E-state index contributed by atoms with van der Waals surface area (Å²) in [7, 11) is 0. The third kappa shape index (κ3) is 4.30. The van der Waals surface area contributed by atoms with Crippen molar-refractivity contribution < 1.29 is 19.5 Å². The van der Waals surface area contributed by atoms with Crippen molar-refractivity contribution in [3.8, 4) is 0 Å².